The van der Waals surface area contributed by atoms with E-state index in [1.807, 2.05) is 20.8 Å². The number of thiocarbonyl (C=S) groups is 1. The van der Waals surface area contributed by atoms with Crippen LogP contribution < -0.4 is 11.1 Å². The van der Waals surface area contributed by atoms with Crippen molar-refractivity contribution in [3.05, 3.63) is 0 Å². The first-order chi connectivity index (χ1) is 8.35. The smallest absolute Gasteiger partial charge is 0.220 e. The molecule has 0 unspecified atom stereocenters. The Morgan fingerprint density at radius 2 is 2.11 bits per heavy atom. The normalized spacial score (nSPS) is 23.3. The number of rotatable bonds is 7. The third-order valence-electron chi connectivity index (χ3n) is 3.46. The van der Waals surface area contributed by atoms with E-state index >= 15 is 0 Å². The molecule has 1 aliphatic rings. The average Bonchev–Trinajstić information content (AvgIpc) is 2.23. The second-order valence-corrected chi connectivity index (χ2v) is 6.08. The molecule has 0 aliphatic heterocycles. The second kappa shape index (κ2) is 6.48. The number of hydrogen-bond acceptors (Lipinski definition) is 3. The van der Waals surface area contributed by atoms with Crippen molar-refractivity contribution in [1.29, 1.82) is 0 Å². The van der Waals surface area contributed by atoms with E-state index in [-0.39, 0.29) is 11.3 Å². The SMILES string of the molecule is CCOC1CC(CC(=O)NCC(C)(C)C(N)=S)C1. The van der Waals surface area contributed by atoms with Gasteiger partial charge in [-0.05, 0) is 25.7 Å². The molecule has 4 nitrogen and oxygen atoms in total. The zero-order chi connectivity index (χ0) is 13.8. The summed E-state index contributed by atoms with van der Waals surface area (Å²) in [6.45, 7) is 7.13. The van der Waals surface area contributed by atoms with E-state index in [2.05, 4.69) is 5.32 Å². The van der Waals surface area contributed by atoms with Gasteiger partial charge in [0.1, 0.15) is 0 Å². The van der Waals surface area contributed by atoms with Crippen molar-refractivity contribution < 1.29 is 9.53 Å². The highest BCUT2D eigenvalue weighted by atomic mass is 32.1. The number of nitrogens with two attached hydrogens (primary N) is 1. The van der Waals surface area contributed by atoms with E-state index in [1.165, 1.54) is 0 Å². The summed E-state index contributed by atoms with van der Waals surface area (Å²) in [4.78, 5) is 12.2. The van der Waals surface area contributed by atoms with Crippen LogP contribution in [0.25, 0.3) is 0 Å². The number of carbonyl (C=O) groups excluding carboxylic acids is 1. The predicted molar refractivity (Wildman–Crippen MR) is 76.3 cm³/mol. The molecule has 0 aromatic carbocycles. The lowest BCUT2D eigenvalue weighted by molar-refractivity contribution is -0.124. The summed E-state index contributed by atoms with van der Waals surface area (Å²) in [6.07, 6.45) is 2.94. The molecule has 0 bridgehead atoms. The van der Waals surface area contributed by atoms with E-state index in [4.69, 9.17) is 22.7 Å². The highest BCUT2D eigenvalue weighted by Gasteiger charge is 2.31. The first kappa shape index (κ1) is 15.4. The standard InChI is InChI=1S/C13H24N2O2S/c1-4-17-10-5-9(6-10)7-11(16)15-8-13(2,3)12(14)18/h9-10H,4-8H2,1-3H3,(H2,14,18)(H,15,16). The molecule has 104 valence electrons. The third-order valence-corrected chi connectivity index (χ3v) is 4.02. The van der Waals surface area contributed by atoms with Crippen LogP contribution in [0.15, 0.2) is 0 Å². The summed E-state index contributed by atoms with van der Waals surface area (Å²) in [7, 11) is 0. The Hall–Kier alpha value is -0.680. The molecule has 1 aliphatic carbocycles. The molecule has 0 atom stereocenters. The van der Waals surface area contributed by atoms with Crippen molar-refractivity contribution in [2.75, 3.05) is 13.2 Å². The van der Waals surface area contributed by atoms with Gasteiger partial charge in [0.2, 0.25) is 5.91 Å². The van der Waals surface area contributed by atoms with E-state index in [0.717, 1.165) is 19.4 Å². The van der Waals surface area contributed by atoms with Gasteiger partial charge in [-0.15, -0.1) is 0 Å². The van der Waals surface area contributed by atoms with Crippen LogP contribution in [0.3, 0.4) is 0 Å². The third kappa shape index (κ3) is 4.53. The predicted octanol–water partition coefficient (Wildman–Crippen LogP) is 1.62. The highest BCUT2D eigenvalue weighted by Crippen LogP contribution is 2.32. The lowest BCUT2D eigenvalue weighted by Crippen LogP contribution is -2.43. The highest BCUT2D eigenvalue weighted by molar-refractivity contribution is 7.80. The summed E-state index contributed by atoms with van der Waals surface area (Å²) in [5.74, 6) is 0.550. The molecule has 0 radical (unpaired) electrons. The first-order valence-corrected chi connectivity index (χ1v) is 6.94. The molecule has 0 aromatic heterocycles. The molecule has 0 saturated heterocycles. The van der Waals surface area contributed by atoms with E-state index < -0.39 is 0 Å². The maximum absolute atomic E-state index is 11.7. The van der Waals surface area contributed by atoms with Crippen molar-refractivity contribution in [3.8, 4) is 0 Å². The maximum atomic E-state index is 11.7. The van der Waals surface area contributed by atoms with Crippen molar-refractivity contribution in [2.24, 2.45) is 17.1 Å². The van der Waals surface area contributed by atoms with Gasteiger partial charge in [0, 0.05) is 25.0 Å². The van der Waals surface area contributed by atoms with Crippen LogP contribution in [0.2, 0.25) is 0 Å². The lowest BCUT2D eigenvalue weighted by Gasteiger charge is -2.34. The molecule has 1 fully saturated rings. The average molecular weight is 272 g/mol. The minimum Gasteiger partial charge on any atom is -0.393 e. The summed E-state index contributed by atoms with van der Waals surface area (Å²) >= 11 is 4.96. The molecular weight excluding hydrogens is 248 g/mol. The molecular formula is C13H24N2O2S. The Morgan fingerprint density at radius 1 is 1.50 bits per heavy atom. The molecule has 1 rings (SSSR count). The van der Waals surface area contributed by atoms with Gasteiger partial charge in [-0.25, -0.2) is 0 Å². The van der Waals surface area contributed by atoms with Crippen LogP contribution in [-0.2, 0) is 9.53 Å². The summed E-state index contributed by atoms with van der Waals surface area (Å²) < 4.78 is 5.47. The van der Waals surface area contributed by atoms with E-state index in [0.29, 0.717) is 30.0 Å². The number of carbonyl (C=O) groups is 1. The Balaban J connectivity index is 2.18. The van der Waals surface area contributed by atoms with Crippen LogP contribution in [0.5, 0.6) is 0 Å². The molecule has 0 aromatic rings. The zero-order valence-corrected chi connectivity index (χ0v) is 12.3. The Bertz CT molecular complexity index is 312. The van der Waals surface area contributed by atoms with Gasteiger partial charge in [0.25, 0.3) is 0 Å². The number of ether oxygens (including phenoxy) is 1. The zero-order valence-electron chi connectivity index (χ0n) is 11.5. The molecule has 5 heteroatoms. The van der Waals surface area contributed by atoms with Crippen molar-refractivity contribution in [3.63, 3.8) is 0 Å². The summed E-state index contributed by atoms with van der Waals surface area (Å²) in [5, 5.41) is 2.90. The van der Waals surface area contributed by atoms with Crippen LogP contribution in [0.1, 0.15) is 40.0 Å². The summed E-state index contributed by atoms with van der Waals surface area (Å²) in [5.41, 5.74) is 5.29. The Kier molecular flexibility index (Phi) is 5.53. The summed E-state index contributed by atoms with van der Waals surface area (Å²) in [6, 6.07) is 0. The fourth-order valence-electron chi connectivity index (χ4n) is 1.95. The van der Waals surface area contributed by atoms with Gasteiger partial charge in [-0.2, -0.15) is 0 Å². The first-order valence-electron chi connectivity index (χ1n) is 6.53. The minimum absolute atomic E-state index is 0.0827. The van der Waals surface area contributed by atoms with Gasteiger partial charge in [-0.1, -0.05) is 26.1 Å². The molecule has 18 heavy (non-hydrogen) atoms. The maximum Gasteiger partial charge on any atom is 0.220 e. The Labute approximate surface area is 115 Å². The molecule has 1 saturated carbocycles. The monoisotopic (exact) mass is 272 g/mol. The van der Waals surface area contributed by atoms with Gasteiger partial charge in [0.15, 0.2) is 0 Å². The Morgan fingerprint density at radius 3 is 2.61 bits per heavy atom. The quantitative estimate of drug-likeness (QED) is 0.691. The molecule has 1 amide bonds. The van der Waals surface area contributed by atoms with Gasteiger partial charge < -0.3 is 15.8 Å². The number of amides is 1. The lowest BCUT2D eigenvalue weighted by atomic mass is 9.80. The van der Waals surface area contributed by atoms with Crippen LogP contribution in [-0.4, -0.2) is 30.2 Å². The van der Waals surface area contributed by atoms with Crippen LogP contribution in [0, 0.1) is 11.3 Å². The van der Waals surface area contributed by atoms with Crippen molar-refractivity contribution >= 4 is 23.1 Å². The van der Waals surface area contributed by atoms with Crippen LogP contribution in [0.4, 0.5) is 0 Å². The topological polar surface area (TPSA) is 64.3 Å². The molecule has 0 heterocycles. The van der Waals surface area contributed by atoms with Gasteiger partial charge in [0.05, 0.1) is 11.1 Å². The van der Waals surface area contributed by atoms with Gasteiger partial charge >= 0.3 is 0 Å². The number of nitrogens with one attached hydrogen (secondary N) is 1. The fraction of sp³-hybridized carbons (Fsp3) is 0.846. The minimum atomic E-state index is -0.321. The van der Waals surface area contributed by atoms with Crippen molar-refractivity contribution in [1.82, 2.24) is 5.32 Å². The van der Waals surface area contributed by atoms with Crippen LogP contribution >= 0.6 is 12.2 Å². The van der Waals surface area contributed by atoms with E-state index in [1.54, 1.807) is 0 Å². The van der Waals surface area contributed by atoms with Crippen molar-refractivity contribution in [2.45, 2.75) is 46.1 Å². The van der Waals surface area contributed by atoms with E-state index in [9.17, 15) is 4.79 Å². The second-order valence-electron chi connectivity index (χ2n) is 5.64. The molecule has 0 spiro atoms. The number of hydrogen-bond donors (Lipinski definition) is 2. The fourth-order valence-corrected chi connectivity index (χ4v) is 2.03. The largest absolute Gasteiger partial charge is 0.393 e. The molecule has 3 N–H and O–H groups in total. The van der Waals surface area contributed by atoms with Gasteiger partial charge in [-0.3, -0.25) is 4.79 Å².